The number of carbonyl (C=O) groups is 1. The summed E-state index contributed by atoms with van der Waals surface area (Å²) in [5, 5.41) is 9.66. The van der Waals surface area contributed by atoms with Crippen molar-refractivity contribution in [1.29, 1.82) is 0 Å². The lowest BCUT2D eigenvalue weighted by atomic mass is 9.90. The Balaban J connectivity index is 1.43. The van der Waals surface area contributed by atoms with Gasteiger partial charge in [0.2, 0.25) is 0 Å². The number of alkyl halides is 6. The van der Waals surface area contributed by atoms with Crippen LogP contribution in [-0.4, -0.2) is 83.7 Å². The number of benzene rings is 2. The molecule has 4 rings (SSSR count). The number of hydrogen-bond acceptors (Lipinski definition) is 7. The molecule has 1 N–H and O–H groups in total. The van der Waals surface area contributed by atoms with Crippen LogP contribution in [0.5, 0.6) is 0 Å². The maximum Gasteiger partial charge on any atom is 0.430 e. The average Bonchev–Trinajstić information content (AvgIpc) is 3.02. The largest absolute Gasteiger partial charge is 0.463 e. The average molecular weight is 654 g/mol. The van der Waals surface area contributed by atoms with Gasteiger partial charge in [-0.2, -0.15) is 26.3 Å². The Morgan fingerprint density at radius 2 is 1.43 bits per heavy atom. The number of nitrogens with zero attached hydrogens (tertiary/aromatic N) is 3. The number of aliphatic hydroxyl groups is 1. The van der Waals surface area contributed by atoms with Crippen LogP contribution in [0.2, 0.25) is 0 Å². The molecule has 1 aliphatic rings. The molecule has 0 bridgehead atoms. The summed E-state index contributed by atoms with van der Waals surface area (Å²) >= 11 is 0. The molecule has 1 atom stereocenters. The van der Waals surface area contributed by atoms with E-state index in [1.165, 1.54) is 0 Å². The molecule has 1 aromatic heterocycles. The maximum absolute atomic E-state index is 13.3. The van der Waals surface area contributed by atoms with E-state index >= 15 is 0 Å². The van der Waals surface area contributed by atoms with Crippen molar-refractivity contribution in [2.45, 2.75) is 56.9 Å². The SMILES string of the molecule is CCOCCOC(=O)CC[C@H]1CN(Cc2ccncc2)CCN1Cc1ccc(-c2ccc(C(O)(C(F)(F)F)C(F)(F)F)cc2)cc1. The van der Waals surface area contributed by atoms with Gasteiger partial charge in [-0.1, -0.05) is 48.5 Å². The Bertz CT molecular complexity index is 1370. The van der Waals surface area contributed by atoms with E-state index in [9.17, 15) is 36.2 Å². The Labute approximate surface area is 263 Å². The van der Waals surface area contributed by atoms with Crippen molar-refractivity contribution < 1.29 is 45.7 Å². The van der Waals surface area contributed by atoms with E-state index in [1.54, 1.807) is 24.5 Å². The minimum Gasteiger partial charge on any atom is -0.463 e. The normalized spacial score (nSPS) is 16.8. The summed E-state index contributed by atoms with van der Waals surface area (Å²) in [5.41, 5.74) is -3.20. The van der Waals surface area contributed by atoms with Gasteiger partial charge in [0.25, 0.3) is 5.60 Å². The molecule has 250 valence electrons. The minimum absolute atomic E-state index is 0.0586. The highest BCUT2D eigenvalue weighted by Gasteiger charge is 2.71. The third-order valence-electron chi connectivity index (χ3n) is 8.02. The highest BCUT2D eigenvalue weighted by Crippen LogP contribution is 2.50. The third kappa shape index (κ3) is 8.84. The first-order valence-electron chi connectivity index (χ1n) is 15.0. The fraction of sp³-hybridized carbons (Fsp3) is 0.455. The molecule has 7 nitrogen and oxygen atoms in total. The summed E-state index contributed by atoms with van der Waals surface area (Å²) in [4.78, 5) is 21.1. The number of pyridine rings is 1. The monoisotopic (exact) mass is 653 g/mol. The van der Waals surface area contributed by atoms with Crippen LogP contribution in [-0.2, 0) is 33.0 Å². The molecule has 46 heavy (non-hydrogen) atoms. The number of aromatic nitrogens is 1. The number of halogens is 6. The molecule has 1 fully saturated rings. The fourth-order valence-electron chi connectivity index (χ4n) is 5.47. The van der Waals surface area contributed by atoms with Crippen LogP contribution in [0.3, 0.4) is 0 Å². The maximum atomic E-state index is 13.3. The second-order valence-electron chi connectivity index (χ2n) is 11.2. The van der Waals surface area contributed by atoms with E-state index in [4.69, 9.17) is 9.47 Å². The molecule has 2 aromatic carbocycles. The van der Waals surface area contributed by atoms with Crippen molar-refractivity contribution in [2.75, 3.05) is 39.5 Å². The summed E-state index contributed by atoms with van der Waals surface area (Å²) in [6.07, 6.45) is -7.54. The number of ether oxygens (including phenoxy) is 2. The van der Waals surface area contributed by atoms with Crippen LogP contribution in [0.25, 0.3) is 11.1 Å². The van der Waals surface area contributed by atoms with Crippen LogP contribution >= 0.6 is 0 Å². The molecular weight excluding hydrogens is 616 g/mol. The molecule has 0 aliphatic carbocycles. The van der Waals surface area contributed by atoms with E-state index in [1.807, 2.05) is 31.2 Å². The Morgan fingerprint density at radius 1 is 0.848 bits per heavy atom. The minimum atomic E-state index is -5.94. The standard InChI is InChI=1S/C33H37F6N3O4/c1-2-45-19-20-46-30(43)12-11-29-23-41(21-25-13-15-40-16-14-25)17-18-42(29)22-24-3-5-26(6-4-24)27-7-9-28(10-8-27)31(44,32(34,35)36)33(37,38)39/h3-10,13-16,29,44H,2,11-12,17-23H2,1H3/t29-/m0/s1. The molecule has 3 aromatic rings. The number of piperazine rings is 1. The van der Waals surface area contributed by atoms with Gasteiger partial charge in [-0.15, -0.1) is 0 Å². The van der Waals surface area contributed by atoms with Gasteiger partial charge >= 0.3 is 18.3 Å². The summed E-state index contributed by atoms with van der Waals surface area (Å²) < 4.78 is 90.0. The molecule has 0 amide bonds. The zero-order valence-corrected chi connectivity index (χ0v) is 25.4. The molecule has 0 saturated carbocycles. The second-order valence-corrected chi connectivity index (χ2v) is 11.2. The molecule has 0 radical (unpaired) electrons. The first-order valence-corrected chi connectivity index (χ1v) is 15.0. The van der Waals surface area contributed by atoms with Gasteiger partial charge in [-0.25, -0.2) is 0 Å². The molecule has 0 spiro atoms. The Morgan fingerprint density at radius 3 is 2.02 bits per heavy atom. The van der Waals surface area contributed by atoms with Crippen molar-refractivity contribution in [3.8, 4) is 11.1 Å². The van der Waals surface area contributed by atoms with Crippen LogP contribution in [0, 0.1) is 0 Å². The van der Waals surface area contributed by atoms with Crippen LogP contribution in [0.4, 0.5) is 26.3 Å². The lowest BCUT2D eigenvalue weighted by molar-refractivity contribution is -0.376. The van der Waals surface area contributed by atoms with E-state index in [0.717, 1.165) is 49.4 Å². The second kappa shape index (κ2) is 15.4. The number of carbonyl (C=O) groups excluding carboxylic acids is 1. The smallest absolute Gasteiger partial charge is 0.430 e. The number of hydrogen-bond donors (Lipinski definition) is 1. The van der Waals surface area contributed by atoms with E-state index < -0.39 is 23.5 Å². The first kappa shape index (κ1) is 35.3. The van der Waals surface area contributed by atoms with Gasteiger partial charge in [-0.05, 0) is 47.7 Å². The van der Waals surface area contributed by atoms with Gasteiger partial charge in [0, 0.05) is 69.8 Å². The zero-order valence-electron chi connectivity index (χ0n) is 25.4. The quantitative estimate of drug-likeness (QED) is 0.136. The van der Waals surface area contributed by atoms with Crippen molar-refractivity contribution in [3.63, 3.8) is 0 Å². The summed E-state index contributed by atoms with van der Waals surface area (Å²) in [5.74, 6) is -0.287. The molecule has 1 aliphatic heterocycles. The van der Waals surface area contributed by atoms with Gasteiger partial charge < -0.3 is 14.6 Å². The van der Waals surface area contributed by atoms with E-state index in [0.29, 0.717) is 49.4 Å². The highest BCUT2D eigenvalue weighted by atomic mass is 19.4. The summed E-state index contributed by atoms with van der Waals surface area (Å²) in [6, 6.07) is 14.7. The number of esters is 1. The topological polar surface area (TPSA) is 75.1 Å². The van der Waals surface area contributed by atoms with E-state index in [-0.39, 0.29) is 25.0 Å². The summed E-state index contributed by atoms with van der Waals surface area (Å²) in [7, 11) is 0. The Hall–Kier alpha value is -3.52. The van der Waals surface area contributed by atoms with Gasteiger partial charge in [0.1, 0.15) is 6.61 Å². The molecular formula is C33H37F6N3O4. The fourth-order valence-corrected chi connectivity index (χ4v) is 5.47. The zero-order chi connectivity index (χ0) is 33.4. The number of rotatable bonds is 13. The van der Waals surface area contributed by atoms with Crippen LogP contribution < -0.4 is 0 Å². The lowest BCUT2D eigenvalue weighted by Crippen LogP contribution is -2.53. The third-order valence-corrected chi connectivity index (χ3v) is 8.02. The molecule has 2 heterocycles. The van der Waals surface area contributed by atoms with Crippen LogP contribution in [0.1, 0.15) is 36.5 Å². The predicted octanol–water partition coefficient (Wildman–Crippen LogP) is 6.11. The molecule has 1 saturated heterocycles. The highest BCUT2D eigenvalue weighted by molar-refractivity contribution is 5.69. The van der Waals surface area contributed by atoms with E-state index in [2.05, 4.69) is 14.8 Å². The lowest BCUT2D eigenvalue weighted by Gasteiger charge is -2.41. The Kier molecular flexibility index (Phi) is 11.8. The predicted molar refractivity (Wildman–Crippen MR) is 158 cm³/mol. The van der Waals surface area contributed by atoms with Crippen molar-refractivity contribution in [1.82, 2.24) is 14.8 Å². The van der Waals surface area contributed by atoms with Gasteiger partial charge in [0.15, 0.2) is 0 Å². The van der Waals surface area contributed by atoms with Gasteiger partial charge in [-0.3, -0.25) is 19.6 Å². The van der Waals surface area contributed by atoms with Crippen molar-refractivity contribution >= 4 is 5.97 Å². The van der Waals surface area contributed by atoms with Crippen molar-refractivity contribution in [3.05, 3.63) is 89.7 Å². The van der Waals surface area contributed by atoms with Gasteiger partial charge in [0.05, 0.1) is 6.61 Å². The summed E-state index contributed by atoms with van der Waals surface area (Å²) in [6.45, 7) is 6.59. The molecule has 0 unspecified atom stereocenters. The first-order chi connectivity index (χ1) is 21.8. The molecule has 13 heteroatoms. The van der Waals surface area contributed by atoms with Crippen LogP contribution in [0.15, 0.2) is 73.1 Å². The van der Waals surface area contributed by atoms with Crippen molar-refractivity contribution in [2.24, 2.45) is 0 Å².